The van der Waals surface area contributed by atoms with E-state index in [1.807, 2.05) is 19.1 Å². The lowest BCUT2D eigenvalue weighted by Crippen LogP contribution is -2.25. The maximum atomic E-state index is 11.5. The molecule has 0 spiro atoms. The molecule has 0 aliphatic carbocycles. The topological polar surface area (TPSA) is 72.4 Å². The molecule has 0 saturated carbocycles. The van der Waals surface area contributed by atoms with Gasteiger partial charge in [0.25, 0.3) is 0 Å². The molecular weight excluding hydrogens is 254 g/mol. The summed E-state index contributed by atoms with van der Waals surface area (Å²) < 4.78 is 5.23. The van der Waals surface area contributed by atoms with E-state index in [9.17, 15) is 4.79 Å². The zero-order valence-corrected chi connectivity index (χ0v) is 11.6. The molecule has 20 heavy (non-hydrogen) atoms. The highest BCUT2D eigenvalue weighted by Crippen LogP contribution is 2.33. The second-order valence-corrected chi connectivity index (χ2v) is 5.03. The smallest absolute Gasteiger partial charge is 0.223 e. The molecule has 1 amide bonds. The van der Waals surface area contributed by atoms with Crippen molar-refractivity contribution >= 4 is 11.6 Å². The van der Waals surface area contributed by atoms with Crippen molar-refractivity contribution in [1.82, 2.24) is 5.16 Å². The lowest BCUT2D eigenvalue weighted by Gasteiger charge is -2.14. The number of anilines is 1. The van der Waals surface area contributed by atoms with Gasteiger partial charge in [0.2, 0.25) is 5.91 Å². The number of rotatable bonds is 2. The number of nitrogens with zero attached hydrogens (tertiary/aromatic N) is 2. The Balaban J connectivity index is 2.04. The molecule has 0 bridgehead atoms. The highest BCUT2D eigenvalue weighted by molar-refractivity contribution is 5.94. The standard InChI is InChI=1S/C15H17N3O2/c1-9-13(8-16)15(17-20-9)12-3-4-14-11(7-12)5-6-18(14)10(2)19/h3-4,7H,5-6,8,16H2,1-2H3. The molecule has 3 rings (SSSR count). The van der Waals surface area contributed by atoms with Gasteiger partial charge in [0.15, 0.2) is 0 Å². The molecule has 2 aromatic rings. The Bertz CT molecular complexity index is 676. The molecule has 0 radical (unpaired) electrons. The minimum atomic E-state index is 0.0800. The number of amides is 1. The van der Waals surface area contributed by atoms with Crippen LogP contribution >= 0.6 is 0 Å². The van der Waals surface area contributed by atoms with Gasteiger partial charge in [-0.25, -0.2) is 0 Å². The van der Waals surface area contributed by atoms with Gasteiger partial charge in [-0.3, -0.25) is 4.79 Å². The molecule has 1 aliphatic heterocycles. The van der Waals surface area contributed by atoms with E-state index in [0.29, 0.717) is 6.54 Å². The minimum Gasteiger partial charge on any atom is -0.361 e. The lowest BCUT2D eigenvalue weighted by atomic mass is 10.0. The summed E-state index contributed by atoms with van der Waals surface area (Å²) in [5.41, 5.74) is 10.6. The molecule has 1 aromatic carbocycles. The third kappa shape index (κ3) is 1.91. The van der Waals surface area contributed by atoms with Crippen LogP contribution < -0.4 is 10.6 Å². The van der Waals surface area contributed by atoms with E-state index in [2.05, 4.69) is 11.2 Å². The van der Waals surface area contributed by atoms with Crippen molar-refractivity contribution in [2.45, 2.75) is 26.8 Å². The van der Waals surface area contributed by atoms with Gasteiger partial charge < -0.3 is 15.2 Å². The first-order chi connectivity index (χ1) is 9.61. The summed E-state index contributed by atoms with van der Waals surface area (Å²) in [6.45, 7) is 4.61. The first-order valence-corrected chi connectivity index (χ1v) is 6.68. The van der Waals surface area contributed by atoms with Crippen molar-refractivity contribution in [3.63, 3.8) is 0 Å². The molecule has 0 unspecified atom stereocenters. The van der Waals surface area contributed by atoms with Crippen LogP contribution in [-0.2, 0) is 17.8 Å². The molecule has 5 heteroatoms. The number of benzene rings is 1. The van der Waals surface area contributed by atoms with Crippen LogP contribution in [0, 0.1) is 6.92 Å². The Morgan fingerprint density at radius 3 is 3.00 bits per heavy atom. The second-order valence-electron chi connectivity index (χ2n) is 5.03. The minimum absolute atomic E-state index is 0.0800. The highest BCUT2D eigenvalue weighted by atomic mass is 16.5. The number of carbonyl (C=O) groups excluding carboxylic acids is 1. The van der Waals surface area contributed by atoms with Crippen molar-refractivity contribution < 1.29 is 9.32 Å². The predicted molar refractivity (Wildman–Crippen MR) is 76.3 cm³/mol. The third-order valence-corrected chi connectivity index (χ3v) is 3.82. The number of hydrogen-bond acceptors (Lipinski definition) is 4. The van der Waals surface area contributed by atoms with Gasteiger partial charge in [0, 0.05) is 36.8 Å². The van der Waals surface area contributed by atoms with Crippen LogP contribution in [0.15, 0.2) is 22.7 Å². The molecule has 2 heterocycles. The molecule has 0 fully saturated rings. The Morgan fingerprint density at radius 2 is 2.30 bits per heavy atom. The quantitative estimate of drug-likeness (QED) is 0.907. The second kappa shape index (κ2) is 4.76. The SMILES string of the molecule is CC(=O)N1CCc2cc(-c3noc(C)c3CN)ccc21. The van der Waals surface area contributed by atoms with Crippen LogP contribution in [0.2, 0.25) is 0 Å². The van der Waals surface area contributed by atoms with Gasteiger partial charge in [0.05, 0.1) is 0 Å². The summed E-state index contributed by atoms with van der Waals surface area (Å²) in [6, 6.07) is 6.02. The Labute approximate surface area is 117 Å². The molecule has 0 atom stereocenters. The number of hydrogen-bond donors (Lipinski definition) is 1. The van der Waals surface area contributed by atoms with Crippen LogP contribution in [0.1, 0.15) is 23.8 Å². The summed E-state index contributed by atoms with van der Waals surface area (Å²) >= 11 is 0. The highest BCUT2D eigenvalue weighted by Gasteiger charge is 2.23. The van der Waals surface area contributed by atoms with E-state index in [1.165, 1.54) is 5.56 Å². The lowest BCUT2D eigenvalue weighted by molar-refractivity contribution is -0.116. The average molecular weight is 271 g/mol. The number of fused-ring (bicyclic) bond motifs is 1. The largest absolute Gasteiger partial charge is 0.361 e. The Hall–Kier alpha value is -2.14. The number of nitrogens with two attached hydrogens (primary N) is 1. The monoisotopic (exact) mass is 271 g/mol. The molecular formula is C15H17N3O2. The van der Waals surface area contributed by atoms with E-state index < -0.39 is 0 Å². The van der Waals surface area contributed by atoms with Crippen LogP contribution in [0.5, 0.6) is 0 Å². The van der Waals surface area contributed by atoms with Crippen molar-refractivity contribution in [1.29, 1.82) is 0 Å². The van der Waals surface area contributed by atoms with Gasteiger partial charge in [-0.15, -0.1) is 0 Å². The fourth-order valence-electron chi connectivity index (χ4n) is 2.73. The van der Waals surface area contributed by atoms with Crippen LogP contribution in [0.3, 0.4) is 0 Å². The van der Waals surface area contributed by atoms with E-state index in [4.69, 9.17) is 10.3 Å². The third-order valence-electron chi connectivity index (χ3n) is 3.82. The number of carbonyl (C=O) groups is 1. The van der Waals surface area contributed by atoms with Gasteiger partial charge in [-0.2, -0.15) is 0 Å². The summed E-state index contributed by atoms with van der Waals surface area (Å²) in [5, 5.41) is 4.10. The van der Waals surface area contributed by atoms with E-state index in [0.717, 1.165) is 41.2 Å². The van der Waals surface area contributed by atoms with Gasteiger partial charge >= 0.3 is 0 Å². The van der Waals surface area contributed by atoms with Gasteiger partial charge in [-0.05, 0) is 31.0 Å². The summed E-state index contributed by atoms with van der Waals surface area (Å²) in [4.78, 5) is 13.4. The number of aromatic nitrogens is 1. The Kier molecular flexibility index (Phi) is 3.06. The van der Waals surface area contributed by atoms with Crippen molar-refractivity contribution in [3.8, 4) is 11.3 Å². The average Bonchev–Trinajstić information content (AvgIpc) is 3.00. The van der Waals surface area contributed by atoms with Crippen molar-refractivity contribution in [2.75, 3.05) is 11.4 Å². The van der Waals surface area contributed by atoms with Crippen molar-refractivity contribution in [3.05, 3.63) is 35.1 Å². The number of aryl methyl sites for hydroxylation is 1. The molecule has 0 saturated heterocycles. The Morgan fingerprint density at radius 1 is 1.50 bits per heavy atom. The predicted octanol–water partition coefficient (Wildman–Crippen LogP) is 2.02. The summed E-state index contributed by atoms with van der Waals surface area (Å²) in [7, 11) is 0. The maximum Gasteiger partial charge on any atom is 0.223 e. The fourth-order valence-corrected chi connectivity index (χ4v) is 2.73. The van der Waals surface area contributed by atoms with E-state index >= 15 is 0 Å². The van der Waals surface area contributed by atoms with Crippen LogP contribution in [-0.4, -0.2) is 17.6 Å². The van der Waals surface area contributed by atoms with Crippen LogP contribution in [0.25, 0.3) is 11.3 Å². The van der Waals surface area contributed by atoms with E-state index in [-0.39, 0.29) is 5.91 Å². The molecule has 2 N–H and O–H groups in total. The van der Waals surface area contributed by atoms with Crippen LogP contribution in [0.4, 0.5) is 5.69 Å². The zero-order chi connectivity index (χ0) is 14.3. The first kappa shape index (κ1) is 12.9. The molecule has 1 aromatic heterocycles. The summed E-state index contributed by atoms with van der Waals surface area (Å²) in [5.74, 6) is 0.838. The zero-order valence-electron chi connectivity index (χ0n) is 11.6. The van der Waals surface area contributed by atoms with E-state index in [1.54, 1.807) is 11.8 Å². The fraction of sp³-hybridized carbons (Fsp3) is 0.333. The van der Waals surface area contributed by atoms with Gasteiger partial charge in [-0.1, -0.05) is 11.2 Å². The van der Waals surface area contributed by atoms with Crippen molar-refractivity contribution in [2.24, 2.45) is 5.73 Å². The van der Waals surface area contributed by atoms with Gasteiger partial charge in [0.1, 0.15) is 11.5 Å². The maximum absolute atomic E-state index is 11.5. The molecule has 104 valence electrons. The normalized spacial score (nSPS) is 13.7. The summed E-state index contributed by atoms with van der Waals surface area (Å²) in [6.07, 6.45) is 0.873. The first-order valence-electron chi connectivity index (χ1n) is 6.68. The molecule has 1 aliphatic rings. The molecule has 5 nitrogen and oxygen atoms in total.